The van der Waals surface area contributed by atoms with Gasteiger partial charge in [-0.15, -0.1) is 11.3 Å². The molecule has 1 heterocycles. The Hall–Kier alpha value is -2.72. The lowest BCUT2D eigenvalue weighted by Gasteiger charge is -2.17. The summed E-state index contributed by atoms with van der Waals surface area (Å²) >= 11 is 1.70. The van der Waals surface area contributed by atoms with Crippen molar-refractivity contribution in [3.05, 3.63) is 71.8 Å². The summed E-state index contributed by atoms with van der Waals surface area (Å²) in [6.45, 7) is 0. The Morgan fingerprint density at radius 2 is 1.83 bits per heavy atom. The fourth-order valence-corrected chi connectivity index (χ4v) is 4.27. The van der Waals surface area contributed by atoms with Gasteiger partial charge in [0.15, 0.2) is 5.78 Å². The summed E-state index contributed by atoms with van der Waals surface area (Å²) in [6, 6.07) is 13.8. The van der Waals surface area contributed by atoms with Gasteiger partial charge in [-0.3, -0.25) is 4.79 Å². The van der Waals surface area contributed by atoms with Crippen LogP contribution in [0.1, 0.15) is 16.8 Å². The molecule has 2 aromatic carbocycles. The van der Waals surface area contributed by atoms with Crippen molar-refractivity contribution in [3.8, 4) is 0 Å². The predicted octanol–water partition coefficient (Wildman–Crippen LogP) is 4.82. The van der Waals surface area contributed by atoms with Crippen LogP contribution >= 0.6 is 11.3 Å². The standard InChI is InChI=1S/C20H14O3S/c21-19(14-6-1-2-7-15(14)20(22)23)12-9-10-18-16(11-12)13-5-3-4-8-17(13)24-18/h1-5,7-11,14H,6H2,(H,22,23). The number of carboxylic acid groups (broad SMARTS) is 1. The van der Waals surface area contributed by atoms with Crippen molar-refractivity contribution in [1.29, 1.82) is 0 Å². The number of allylic oxidation sites excluding steroid dienone is 3. The van der Waals surface area contributed by atoms with E-state index in [1.165, 1.54) is 10.8 Å². The van der Waals surface area contributed by atoms with Crippen molar-refractivity contribution in [2.75, 3.05) is 0 Å². The summed E-state index contributed by atoms with van der Waals surface area (Å²) in [5, 5.41) is 11.5. The molecule has 118 valence electrons. The second-order valence-corrected chi connectivity index (χ2v) is 6.90. The highest BCUT2D eigenvalue weighted by Crippen LogP contribution is 2.35. The van der Waals surface area contributed by atoms with E-state index >= 15 is 0 Å². The van der Waals surface area contributed by atoms with Gasteiger partial charge in [0.05, 0.1) is 5.92 Å². The van der Waals surface area contributed by atoms with Crippen molar-refractivity contribution in [1.82, 2.24) is 0 Å². The van der Waals surface area contributed by atoms with Gasteiger partial charge in [0.1, 0.15) is 0 Å². The number of Topliss-reactive ketones (excluding diaryl/α,β-unsaturated/α-hetero) is 1. The van der Waals surface area contributed by atoms with Crippen molar-refractivity contribution in [3.63, 3.8) is 0 Å². The average Bonchev–Trinajstić information content (AvgIpc) is 2.99. The molecule has 0 aliphatic heterocycles. The second kappa shape index (κ2) is 5.73. The van der Waals surface area contributed by atoms with E-state index in [0.717, 1.165) is 15.5 Å². The van der Waals surface area contributed by atoms with Crippen LogP contribution in [-0.4, -0.2) is 16.9 Å². The van der Waals surface area contributed by atoms with Crippen LogP contribution in [0.3, 0.4) is 0 Å². The molecular weight excluding hydrogens is 320 g/mol. The van der Waals surface area contributed by atoms with Gasteiger partial charge >= 0.3 is 5.97 Å². The first-order chi connectivity index (χ1) is 11.6. The van der Waals surface area contributed by atoms with Gasteiger partial charge in [-0.1, -0.05) is 36.4 Å². The molecule has 1 unspecified atom stereocenters. The summed E-state index contributed by atoms with van der Waals surface area (Å²) in [7, 11) is 0. The number of hydrogen-bond donors (Lipinski definition) is 1. The molecule has 0 spiro atoms. The van der Waals surface area contributed by atoms with Gasteiger partial charge in [-0.25, -0.2) is 4.79 Å². The highest BCUT2D eigenvalue weighted by Gasteiger charge is 2.28. The number of hydrogen-bond acceptors (Lipinski definition) is 3. The van der Waals surface area contributed by atoms with Crippen molar-refractivity contribution in [2.45, 2.75) is 6.42 Å². The van der Waals surface area contributed by atoms with Crippen LogP contribution in [0.25, 0.3) is 20.2 Å². The number of carbonyl (C=O) groups is 2. The fraction of sp³-hybridized carbons (Fsp3) is 0.100. The van der Waals surface area contributed by atoms with Gasteiger partial charge in [-0.05, 0) is 30.7 Å². The van der Waals surface area contributed by atoms with Gasteiger partial charge in [0.25, 0.3) is 0 Å². The van der Waals surface area contributed by atoms with Gasteiger partial charge < -0.3 is 5.11 Å². The Morgan fingerprint density at radius 3 is 2.67 bits per heavy atom. The SMILES string of the molecule is O=C(O)C1=CC=CCC1C(=O)c1ccc2sc3ccccc3c2c1. The number of fused-ring (bicyclic) bond motifs is 3. The minimum atomic E-state index is -1.03. The van der Waals surface area contributed by atoms with Crippen molar-refractivity contribution >= 4 is 43.3 Å². The second-order valence-electron chi connectivity index (χ2n) is 5.82. The van der Waals surface area contributed by atoms with E-state index in [4.69, 9.17) is 0 Å². The molecule has 0 saturated carbocycles. The molecular formula is C20H14O3S. The van der Waals surface area contributed by atoms with Crippen LogP contribution in [0.2, 0.25) is 0 Å². The Balaban J connectivity index is 1.80. The Kier molecular flexibility index (Phi) is 3.54. The number of ketones is 1. The van der Waals surface area contributed by atoms with Gasteiger partial charge in [0.2, 0.25) is 0 Å². The highest BCUT2D eigenvalue weighted by atomic mass is 32.1. The first-order valence-electron chi connectivity index (χ1n) is 7.70. The van der Waals surface area contributed by atoms with E-state index in [9.17, 15) is 14.7 Å². The zero-order chi connectivity index (χ0) is 16.7. The third-order valence-electron chi connectivity index (χ3n) is 4.38. The molecule has 4 rings (SSSR count). The summed E-state index contributed by atoms with van der Waals surface area (Å²) in [5.41, 5.74) is 0.733. The van der Waals surface area contributed by atoms with Crippen LogP contribution in [0.15, 0.2) is 66.3 Å². The molecule has 1 aliphatic carbocycles. The Morgan fingerprint density at radius 1 is 1.04 bits per heavy atom. The number of thiophene rings is 1. The predicted molar refractivity (Wildman–Crippen MR) is 96.6 cm³/mol. The summed E-state index contributed by atoms with van der Waals surface area (Å²) in [5.74, 6) is -1.78. The lowest BCUT2D eigenvalue weighted by molar-refractivity contribution is -0.133. The van der Waals surface area contributed by atoms with Crippen LogP contribution < -0.4 is 0 Å². The van der Waals surface area contributed by atoms with E-state index in [1.807, 2.05) is 36.4 Å². The van der Waals surface area contributed by atoms with E-state index in [0.29, 0.717) is 12.0 Å². The molecule has 1 atom stereocenters. The Labute approximate surface area is 142 Å². The highest BCUT2D eigenvalue weighted by molar-refractivity contribution is 7.25. The number of carboxylic acids is 1. The molecule has 0 radical (unpaired) electrons. The van der Waals surface area contributed by atoms with E-state index < -0.39 is 11.9 Å². The smallest absolute Gasteiger partial charge is 0.332 e. The maximum Gasteiger partial charge on any atom is 0.332 e. The first-order valence-corrected chi connectivity index (χ1v) is 8.52. The lowest BCUT2D eigenvalue weighted by Crippen LogP contribution is -2.22. The number of rotatable bonds is 3. The molecule has 0 fully saturated rings. The Bertz CT molecular complexity index is 1040. The number of carbonyl (C=O) groups excluding carboxylic acids is 1. The van der Waals surface area contributed by atoms with Crippen LogP contribution in [0, 0.1) is 5.92 Å². The van der Waals surface area contributed by atoms with Crippen LogP contribution in [0.4, 0.5) is 0 Å². The fourth-order valence-electron chi connectivity index (χ4n) is 3.18. The normalized spacial score (nSPS) is 17.2. The summed E-state index contributed by atoms with van der Waals surface area (Å²) in [6.07, 6.45) is 5.49. The molecule has 3 nitrogen and oxygen atoms in total. The minimum absolute atomic E-state index is 0.134. The molecule has 1 aromatic heterocycles. The zero-order valence-electron chi connectivity index (χ0n) is 12.7. The largest absolute Gasteiger partial charge is 0.478 e. The molecule has 0 bridgehead atoms. The monoisotopic (exact) mass is 334 g/mol. The molecule has 0 saturated heterocycles. The summed E-state index contributed by atoms with van der Waals surface area (Å²) in [4.78, 5) is 24.3. The number of benzene rings is 2. The molecule has 1 N–H and O–H groups in total. The average molecular weight is 334 g/mol. The third kappa shape index (κ3) is 2.36. The zero-order valence-corrected chi connectivity index (χ0v) is 13.5. The molecule has 0 amide bonds. The van der Waals surface area contributed by atoms with Crippen LogP contribution in [0.5, 0.6) is 0 Å². The molecule has 3 aromatic rings. The summed E-state index contributed by atoms with van der Waals surface area (Å²) < 4.78 is 2.31. The maximum absolute atomic E-state index is 12.9. The van der Waals surface area contributed by atoms with E-state index in [-0.39, 0.29) is 11.4 Å². The molecule has 1 aliphatic rings. The quantitative estimate of drug-likeness (QED) is 0.698. The maximum atomic E-state index is 12.9. The third-order valence-corrected chi connectivity index (χ3v) is 5.54. The van der Waals surface area contributed by atoms with Crippen LogP contribution in [-0.2, 0) is 4.79 Å². The van der Waals surface area contributed by atoms with E-state index in [2.05, 4.69) is 6.07 Å². The molecule has 24 heavy (non-hydrogen) atoms. The minimum Gasteiger partial charge on any atom is -0.478 e. The first kappa shape index (κ1) is 14.8. The topological polar surface area (TPSA) is 54.4 Å². The van der Waals surface area contributed by atoms with Crippen molar-refractivity contribution in [2.24, 2.45) is 5.92 Å². The van der Waals surface area contributed by atoms with Gasteiger partial charge in [-0.2, -0.15) is 0 Å². The molecule has 4 heteroatoms. The van der Waals surface area contributed by atoms with Gasteiger partial charge in [0, 0.05) is 31.3 Å². The lowest BCUT2D eigenvalue weighted by atomic mass is 9.85. The van der Waals surface area contributed by atoms with E-state index in [1.54, 1.807) is 23.5 Å². The number of aliphatic carboxylic acids is 1. The van der Waals surface area contributed by atoms with Crippen molar-refractivity contribution < 1.29 is 14.7 Å².